The molecule has 2 rings (SSSR count). The van der Waals surface area contributed by atoms with Crippen molar-refractivity contribution in [1.29, 1.82) is 0 Å². The van der Waals surface area contributed by atoms with Gasteiger partial charge in [0.25, 0.3) is 0 Å². The Morgan fingerprint density at radius 2 is 2.05 bits per heavy atom. The van der Waals surface area contributed by atoms with E-state index < -0.39 is 0 Å². The molecule has 0 bridgehead atoms. The lowest BCUT2D eigenvalue weighted by Crippen LogP contribution is -2.24. The van der Waals surface area contributed by atoms with E-state index in [9.17, 15) is 0 Å². The van der Waals surface area contributed by atoms with E-state index >= 15 is 0 Å². The predicted octanol–water partition coefficient (Wildman–Crippen LogP) is 5.32. The van der Waals surface area contributed by atoms with Crippen LogP contribution in [0.15, 0.2) is 23.9 Å². The van der Waals surface area contributed by atoms with Crippen LogP contribution in [0.4, 0.5) is 0 Å². The predicted molar refractivity (Wildman–Crippen MR) is 86.5 cm³/mol. The number of hydrogen-bond acceptors (Lipinski definition) is 2. The normalized spacial score (nSPS) is 18.1. The average molecular weight is 313 g/mol. The molecule has 1 aliphatic carbocycles. The van der Waals surface area contributed by atoms with Crippen LogP contribution in [0.1, 0.15) is 57.2 Å². The van der Waals surface area contributed by atoms with Crippen LogP contribution in [-0.4, -0.2) is 11.5 Å². The zero-order valence-corrected chi connectivity index (χ0v) is 13.5. The highest BCUT2D eigenvalue weighted by Crippen LogP contribution is 2.32. The minimum Gasteiger partial charge on any atom is -0.305 e. The van der Waals surface area contributed by atoms with Crippen LogP contribution in [0.25, 0.3) is 0 Å². The Labute approximate surface area is 131 Å². The summed E-state index contributed by atoms with van der Waals surface area (Å²) in [5, 5.41) is 4.75. The van der Waals surface area contributed by atoms with Crippen molar-refractivity contribution in [2.45, 2.75) is 51.5 Å². The first-order chi connectivity index (χ1) is 9.72. The molecule has 4 heteroatoms. The smallest absolute Gasteiger partial charge is 0.0802 e. The van der Waals surface area contributed by atoms with E-state index in [4.69, 9.17) is 23.2 Å². The van der Waals surface area contributed by atoms with E-state index in [0.29, 0.717) is 10.0 Å². The van der Waals surface area contributed by atoms with Crippen LogP contribution >= 0.6 is 23.2 Å². The van der Waals surface area contributed by atoms with Gasteiger partial charge in [0.2, 0.25) is 0 Å². The molecule has 0 fully saturated rings. The third kappa shape index (κ3) is 4.21. The minimum atomic E-state index is 0.114. The van der Waals surface area contributed by atoms with Gasteiger partial charge in [0.1, 0.15) is 0 Å². The molecule has 1 aromatic heterocycles. The first-order valence-electron chi connectivity index (χ1n) is 7.45. The lowest BCUT2D eigenvalue weighted by molar-refractivity contribution is 0.546. The molecule has 0 aromatic carbocycles. The van der Waals surface area contributed by atoms with Crippen molar-refractivity contribution in [3.05, 3.63) is 39.7 Å². The number of hydrogen-bond donors (Lipinski definition) is 1. The molecule has 110 valence electrons. The van der Waals surface area contributed by atoms with E-state index in [2.05, 4.69) is 23.3 Å². The van der Waals surface area contributed by atoms with Crippen molar-refractivity contribution >= 4 is 23.2 Å². The summed E-state index contributed by atoms with van der Waals surface area (Å²) in [6.45, 7) is 3.00. The highest BCUT2D eigenvalue weighted by atomic mass is 35.5. The molecule has 0 saturated carbocycles. The summed E-state index contributed by atoms with van der Waals surface area (Å²) >= 11 is 12.3. The van der Waals surface area contributed by atoms with Gasteiger partial charge in [0, 0.05) is 6.20 Å². The van der Waals surface area contributed by atoms with Crippen LogP contribution in [0.3, 0.4) is 0 Å². The van der Waals surface area contributed by atoms with Crippen molar-refractivity contribution in [2.24, 2.45) is 0 Å². The first-order valence-corrected chi connectivity index (χ1v) is 8.21. The second kappa shape index (κ2) is 8.02. The Morgan fingerprint density at radius 1 is 1.25 bits per heavy atom. The Balaban J connectivity index is 2.29. The molecule has 0 aliphatic heterocycles. The number of aromatic nitrogens is 1. The molecule has 0 spiro atoms. The molecule has 2 nitrogen and oxygen atoms in total. The fourth-order valence-corrected chi connectivity index (χ4v) is 3.21. The SMILES string of the molecule is CCNC(C1=CCCCCCC1)c1ncc(Cl)cc1Cl. The van der Waals surface area contributed by atoms with Crippen molar-refractivity contribution < 1.29 is 0 Å². The zero-order valence-electron chi connectivity index (χ0n) is 12.0. The summed E-state index contributed by atoms with van der Waals surface area (Å²) in [5.41, 5.74) is 2.31. The first kappa shape index (κ1) is 15.8. The minimum absolute atomic E-state index is 0.114. The van der Waals surface area contributed by atoms with E-state index in [1.165, 1.54) is 31.3 Å². The molecule has 1 atom stereocenters. The quantitative estimate of drug-likeness (QED) is 0.761. The van der Waals surface area contributed by atoms with Crippen LogP contribution in [-0.2, 0) is 0 Å². The summed E-state index contributed by atoms with van der Waals surface area (Å²) in [6, 6.07) is 1.89. The van der Waals surface area contributed by atoms with Crippen molar-refractivity contribution in [2.75, 3.05) is 6.54 Å². The summed E-state index contributed by atoms with van der Waals surface area (Å²) in [4.78, 5) is 4.46. The fourth-order valence-electron chi connectivity index (χ4n) is 2.72. The summed E-state index contributed by atoms with van der Waals surface area (Å²) in [6.07, 6.45) is 11.5. The van der Waals surface area contributed by atoms with Gasteiger partial charge in [-0.3, -0.25) is 4.98 Å². The Morgan fingerprint density at radius 3 is 2.80 bits per heavy atom. The topological polar surface area (TPSA) is 24.9 Å². The third-order valence-corrected chi connectivity index (χ3v) is 4.22. The number of pyridine rings is 1. The maximum atomic E-state index is 6.34. The van der Waals surface area contributed by atoms with Gasteiger partial charge in [-0.25, -0.2) is 0 Å². The molecule has 1 heterocycles. The van der Waals surface area contributed by atoms with E-state index in [-0.39, 0.29) is 6.04 Å². The van der Waals surface area contributed by atoms with Crippen LogP contribution in [0.2, 0.25) is 10.0 Å². The largest absolute Gasteiger partial charge is 0.305 e. The van der Waals surface area contributed by atoms with Gasteiger partial charge < -0.3 is 5.32 Å². The number of nitrogens with zero attached hydrogens (tertiary/aromatic N) is 1. The highest BCUT2D eigenvalue weighted by Gasteiger charge is 2.20. The molecule has 1 N–H and O–H groups in total. The second-order valence-electron chi connectivity index (χ2n) is 5.24. The van der Waals surface area contributed by atoms with Crippen LogP contribution in [0.5, 0.6) is 0 Å². The van der Waals surface area contributed by atoms with Gasteiger partial charge in [-0.1, -0.05) is 54.6 Å². The Hall–Kier alpha value is -0.570. The Kier molecular flexibility index (Phi) is 6.34. The monoisotopic (exact) mass is 312 g/mol. The van der Waals surface area contributed by atoms with Crippen molar-refractivity contribution in [1.82, 2.24) is 10.3 Å². The van der Waals surface area contributed by atoms with Crippen LogP contribution in [0, 0.1) is 0 Å². The van der Waals surface area contributed by atoms with Crippen LogP contribution < -0.4 is 5.32 Å². The number of halogens is 2. The van der Waals surface area contributed by atoms with Gasteiger partial charge >= 0.3 is 0 Å². The summed E-state index contributed by atoms with van der Waals surface area (Å²) in [7, 11) is 0. The molecular formula is C16H22Cl2N2. The number of nitrogens with one attached hydrogen (secondary N) is 1. The van der Waals surface area contributed by atoms with Crippen molar-refractivity contribution in [3.63, 3.8) is 0 Å². The van der Waals surface area contributed by atoms with E-state index in [1.54, 1.807) is 12.3 Å². The maximum Gasteiger partial charge on any atom is 0.0802 e. The fraction of sp³-hybridized carbons (Fsp3) is 0.562. The maximum absolute atomic E-state index is 6.34. The molecule has 0 saturated heterocycles. The molecule has 20 heavy (non-hydrogen) atoms. The molecule has 1 aromatic rings. The molecule has 0 radical (unpaired) electrons. The van der Waals surface area contributed by atoms with E-state index in [0.717, 1.165) is 25.1 Å². The lowest BCUT2D eigenvalue weighted by Gasteiger charge is -2.23. The van der Waals surface area contributed by atoms with Gasteiger partial charge in [0.05, 0.1) is 21.8 Å². The molecular weight excluding hydrogens is 291 g/mol. The number of rotatable bonds is 4. The van der Waals surface area contributed by atoms with Gasteiger partial charge in [0.15, 0.2) is 0 Å². The highest BCUT2D eigenvalue weighted by molar-refractivity contribution is 6.34. The molecule has 1 aliphatic rings. The van der Waals surface area contributed by atoms with E-state index in [1.807, 2.05) is 0 Å². The number of allylic oxidation sites excluding steroid dienone is 1. The zero-order chi connectivity index (χ0) is 14.4. The molecule has 1 unspecified atom stereocenters. The van der Waals surface area contributed by atoms with Gasteiger partial charge in [-0.2, -0.15) is 0 Å². The van der Waals surface area contributed by atoms with Gasteiger partial charge in [-0.15, -0.1) is 0 Å². The third-order valence-electron chi connectivity index (χ3n) is 3.71. The average Bonchev–Trinajstić information content (AvgIpc) is 2.37. The summed E-state index contributed by atoms with van der Waals surface area (Å²) < 4.78 is 0. The lowest BCUT2D eigenvalue weighted by atomic mass is 9.93. The van der Waals surface area contributed by atoms with Crippen molar-refractivity contribution in [3.8, 4) is 0 Å². The summed E-state index contributed by atoms with van der Waals surface area (Å²) in [5.74, 6) is 0. The Bertz CT molecular complexity index is 472. The molecule has 0 amide bonds. The standard InChI is InChI=1S/C16H22Cl2N2/c1-2-19-15(12-8-6-4-3-5-7-9-12)16-14(18)10-13(17)11-20-16/h8,10-11,15,19H,2-7,9H2,1H3. The second-order valence-corrected chi connectivity index (χ2v) is 6.09. The number of likely N-dealkylation sites (N-methyl/N-ethyl adjacent to an activating group) is 1. The van der Waals surface area contributed by atoms with Gasteiger partial charge in [-0.05, 0) is 38.3 Å².